The summed E-state index contributed by atoms with van der Waals surface area (Å²) >= 11 is 2.10. The van der Waals surface area contributed by atoms with Crippen LogP contribution in [0.25, 0.3) is 55.1 Å². The molecule has 6 heterocycles. The molecule has 0 aliphatic carbocycles. The Balaban J connectivity index is 0.000000160. The summed E-state index contributed by atoms with van der Waals surface area (Å²) in [6.07, 6.45) is 2.71. The fourth-order valence-corrected chi connectivity index (χ4v) is 7.46. The Kier molecular flexibility index (Phi) is 8.92. The van der Waals surface area contributed by atoms with Gasteiger partial charge in [-0.2, -0.15) is 10.2 Å². The number of phenolic OH excluding ortho intramolecular Hbond substituents is 1. The van der Waals surface area contributed by atoms with Crippen LogP contribution >= 0.6 is 22.6 Å². The third-order valence-electron chi connectivity index (χ3n) is 9.29. The number of hydrogen-bond acceptors (Lipinski definition) is 11. The predicted octanol–water partition coefficient (Wildman–Crippen LogP) is 4.73. The van der Waals surface area contributed by atoms with Crippen molar-refractivity contribution in [2.45, 2.75) is 13.1 Å². The Bertz CT molecular complexity index is 3080. The summed E-state index contributed by atoms with van der Waals surface area (Å²) in [5, 5.41) is 21.9. The van der Waals surface area contributed by atoms with Gasteiger partial charge in [-0.1, -0.05) is 36.4 Å². The standard InChI is InChI=1S/C22H17FN6O2.C16H13IN6O/c1-28-17-5-3-2-4-12(17)6-14(22(28)31)10-29-21-18(20(24)25-11-26-21)19(27-29)13-7-15(23)9-16(30)8-13;1-22-11-5-3-2-4-9(11)6-10(16(22)24)7-23-15-12(13(17)21-23)14(18)19-8-20-15/h2-9,11,30H,10H2,1H3,(H2,24,25,26);2-6,8H,7H2,1H3,(H2,18,19,20). The van der Waals surface area contributed by atoms with Crippen LogP contribution in [-0.4, -0.2) is 53.7 Å². The highest BCUT2D eigenvalue weighted by molar-refractivity contribution is 14.1. The SMILES string of the molecule is Cn1c(=O)c(Cn2nc(-c3cc(O)cc(F)c3)c3c(N)ncnc32)cc2ccccc21.Cn1c(=O)c(Cn2nc(I)c3c(N)ncnc32)cc2ccccc21. The lowest BCUT2D eigenvalue weighted by molar-refractivity contribution is 0.469. The number of halogens is 2. The maximum Gasteiger partial charge on any atom is 0.255 e. The third-order valence-corrected chi connectivity index (χ3v) is 10.0. The van der Waals surface area contributed by atoms with Crippen LogP contribution in [0.15, 0.2) is 101 Å². The number of nitrogens with two attached hydrogens (primary N) is 2. The van der Waals surface area contributed by atoms with Gasteiger partial charge in [-0.25, -0.2) is 33.7 Å². The molecule has 0 bridgehead atoms. The monoisotopic (exact) mass is 848 g/mol. The molecule has 0 saturated carbocycles. The number of rotatable bonds is 5. The van der Waals surface area contributed by atoms with Crippen molar-refractivity contribution >= 4 is 78.1 Å². The van der Waals surface area contributed by atoms with Crippen LogP contribution in [0.4, 0.5) is 16.0 Å². The van der Waals surface area contributed by atoms with Gasteiger partial charge < -0.3 is 25.7 Å². The van der Waals surface area contributed by atoms with Crippen LogP contribution in [0, 0.1) is 9.52 Å². The molecule has 55 heavy (non-hydrogen) atoms. The fourth-order valence-electron chi connectivity index (χ4n) is 6.68. The predicted molar refractivity (Wildman–Crippen MR) is 216 cm³/mol. The van der Waals surface area contributed by atoms with E-state index in [1.807, 2.05) is 60.7 Å². The number of anilines is 2. The van der Waals surface area contributed by atoms with E-state index < -0.39 is 5.82 Å². The molecule has 0 fully saturated rings. The van der Waals surface area contributed by atoms with Crippen LogP contribution in [-0.2, 0) is 27.2 Å². The molecule has 17 heteroatoms. The van der Waals surface area contributed by atoms with Gasteiger partial charge >= 0.3 is 0 Å². The van der Waals surface area contributed by atoms with Crippen molar-refractivity contribution < 1.29 is 9.50 Å². The highest BCUT2D eigenvalue weighted by atomic mass is 127. The van der Waals surface area contributed by atoms with Crippen LogP contribution < -0.4 is 22.6 Å². The average molecular weight is 849 g/mol. The topological polar surface area (TPSA) is 203 Å². The molecule has 274 valence electrons. The lowest BCUT2D eigenvalue weighted by Gasteiger charge is -2.09. The number of aromatic nitrogens is 10. The third kappa shape index (κ3) is 6.37. The second kappa shape index (κ2) is 13.9. The first-order valence-electron chi connectivity index (χ1n) is 16.7. The molecule has 3 aromatic carbocycles. The molecule has 6 aromatic heterocycles. The largest absolute Gasteiger partial charge is 0.508 e. The van der Waals surface area contributed by atoms with E-state index in [1.54, 1.807) is 27.9 Å². The molecule has 15 nitrogen and oxygen atoms in total. The maximum absolute atomic E-state index is 13.9. The number of fused-ring (bicyclic) bond motifs is 4. The Morgan fingerprint density at radius 2 is 1.20 bits per heavy atom. The van der Waals surface area contributed by atoms with Gasteiger partial charge in [0.15, 0.2) is 11.3 Å². The summed E-state index contributed by atoms with van der Waals surface area (Å²) in [6, 6.07) is 22.8. The second-order valence-electron chi connectivity index (χ2n) is 12.8. The number of para-hydroxylation sites is 2. The number of aromatic hydroxyl groups is 1. The lowest BCUT2D eigenvalue weighted by atomic mass is 10.1. The molecule has 0 radical (unpaired) electrons. The van der Waals surface area contributed by atoms with Gasteiger partial charge in [0.05, 0.1) is 34.9 Å². The minimum Gasteiger partial charge on any atom is -0.508 e. The Morgan fingerprint density at radius 1 is 0.691 bits per heavy atom. The van der Waals surface area contributed by atoms with Crippen molar-refractivity contribution in [1.29, 1.82) is 0 Å². The van der Waals surface area contributed by atoms with E-state index in [9.17, 15) is 19.1 Å². The smallest absolute Gasteiger partial charge is 0.255 e. The minimum absolute atomic E-state index is 0.0469. The van der Waals surface area contributed by atoms with E-state index in [4.69, 9.17) is 11.5 Å². The summed E-state index contributed by atoms with van der Waals surface area (Å²) in [4.78, 5) is 42.2. The van der Waals surface area contributed by atoms with Crippen molar-refractivity contribution in [2.75, 3.05) is 11.5 Å². The Hall–Kier alpha value is -6.76. The number of hydrogen-bond donors (Lipinski definition) is 3. The van der Waals surface area contributed by atoms with Crippen molar-refractivity contribution in [2.24, 2.45) is 14.1 Å². The van der Waals surface area contributed by atoms with E-state index in [-0.39, 0.29) is 29.2 Å². The zero-order chi connectivity index (χ0) is 38.5. The van der Waals surface area contributed by atoms with E-state index in [0.717, 1.165) is 37.0 Å². The Labute approximate surface area is 323 Å². The van der Waals surface area contributed by atoms with Gasteiger partial charge in [-0.15, -0.1) is 0 Å². The number of benzene rings is 3. The van der Waals surface area contributed by atoms with Crippen LogP contribution in [0.5, 0.6) is 5.75 Å². The number of pyridine rings is 2. The summed E-state index contributed by atoms with van der Waals surface area (Å²) in [7, 11) is 3.50. The van der Waals surface area contributed by atoms with Gasteiger partial charge in [-0.3, -0.25) is 9.59 Å². The van der Waals surface area contributed by atoms with Crippen molar-refractivity contribution in [3.05, 3.63) is 133 Å². The highest BCUT2D eigenvalue weighted by Gasteiger charge is 2.20. The van der Waals surface area contributed by atoms with Crippen LogP contribution in [0.3, 0.4) is 0 Å². The number of phenols is 1. The van der Waals surface area contributed by atoms with Crippen molar-refractivity contribution in [3.63, 3.8) is 0 Å². The summed E-state index contributed by atoms with van der Waals surface area (Å²) in [6.45, 7) is 0.458. The first kappa shape index (κ1) is 35.3. The Morgan fingerprint density at radius 3 is 1.76 bits per heavy atom. The van der Waals surface area contributed by atoms with Gasteiger partial charge in [0, 0.05) is 36.9 Å². The molecule has 0 amide bonds. The molecular weight excluding hydrogens is 818 g/mol. The molecular formula is C38H30FIN12O3. The summed E-state index contributed by atoms with van der Waals surface area (Å²) in [5.74, 6) is -0.295. The second-order valence-corrected chi connectivity index (χ2v) is 13.8. The molecule has 5 N–H and O–H groups in total. The van der Waals surface area contributed by atoms with Crippen LogP contribution in [0.2, 0.25) is 0 Å². The van der Waals surface area contributed by atoms with Gasteiger partial charge in [0.2, 0.25) is 0 Å². The van der Waals surface area contributed by atoms with E-state index in [1.165, 1.54) is 29.5 Å². The fraction of sp³-hybridized carbons (Fsp3) is 0.105. The molecule has 0 saturated heterocycles. The summed E-state index contributed by atoms with van der Waals surface area (Å²) in [5.41, 5.74) is 16.4. The first-order chi connectivity index (χ1) is 26.5. The molecule has 0 unspecified atom stereocenters. The van der Waals surface area contributed by atoms with Gasteiger partial charge in [0.1, 0.15) is 45.3 Å². The average Bonchev–Trinajstić information content (AvgIpc) is 3.70. The van der Waals surface area contributed by atoms with Gasteiger partial charge in [0.25, 0.3) is 11.1 Å². The number of nitrogen functional groups attached to an aromatic ring is 2. The quantitative estimate of drug-likeness (QED) is 0.202. The number of aryl methyl sites for hydroxylation is 2. The van der Waals surface area contributed by atoms with E-state index in [2.05, 4.69) is 52.7 Å². The van der Waals surface area contributed by atoms with E-state index in [0.29, 0.717) is 51.4 Å². The molecule has 9 aromatic rings. The molecule has 0 spiro atoms. The molecule has 0 atom stereocenters. The van der Waals surface area contributed by atoms with E-state index >= 15 is 0 Å². The first-order valence-corrected chi connectivity index (χ1v) is 17.8. The summed E-state index contributed by atoms with van der Waals surface area (Å²) < 4.78 is 21.1. The lowest BCUT2D eigenvalue weighted by Crippen LogP contribution is -2.23. The van der Waals surface area contributed by atoms with Crippen molar-refractivity contribution in [3.8, 4) is 17.0 Å². The van der Waals surface area contributed by atoms with Crippen LogP contribution in [0.1, 0.15) is 11.1 Å². The number of nitrogens with zero attached hydrogens (tertiary/aromatic N) is 10. The minimum atomic E-state index is -0.614. The maximum atomic E-state index is 13.9. The zero-order valence-electron chi connectivity index (χ0n) is 29.2. The molecule has 0 aliphatic heterocycles. The highest BCUT2D eigenvalue weighted by Crippen LogP contribution is 2.33. The molecule has 0 aliphatic rings. The van der Waals surface area contributed by atoms with Gasteiger partial charge in [-0.05, 0) is 69.8 Å². The van der Waals surface area contributed by atoms with Crippen molar-refractivity contribution in [1.82, 2.24) is 48.6 Å². The molecule has 9 rings (SSSR count). The normalized spacial score (nSPS) is 11.4. The zero-order valence-corrected chi connectivity index (χ0v) is 31.4.